The van der Waals surface area contributed by atoms with Crippen molar-refractivity contribution in [1.82, 2.24) is 0 Å². The molecule has 0 aliphatic rings. The average molecular weight is 401 g/mol. The molecule has 6 nitrogen and oxygen atoms in total. The second-order valence-electron chi connectivity index (χ2n) is 6.03. The van der Waals surface area contributed by atoms with E-state index in [0.29, 0.717) is 16.9 Å². The number of hydrogen-bond donors (Lipinski definition) is 0. The number of esters is 2. The number of ketones is 1. The number of halogens is 1. The van der Waals surface area contributed by atoms with Gasteiger partial charge >= 0.3 is 11.9 Å². The zero-order chi connectivity index (χ0) is 18.3. The molecule has 1 rings (SSSR count). The van der Waals surface area contributed by atoms with E-state index in [1.807, 2.05) is 0 Å². The summed E-state index contributed by atoms with van der Waals surface area (Å²) in [6.07, 6.45) is 0. The van der Waals surface area contributed by atoms with Crippen LogP contribution in [-0.2, 0) is 25.7 Å². The summed E-state index contributed by atoms with van der Waals surface area (Å²) in [7, 11) is 0. The third-order valence-corrected chi connectivity index (χ3v) is 3.21. The first-order valence-electron chi connectivity index (χ1n) is 7.32. The normalized spacial score (nSPS) is 10.9. The van der Waals surface area contributed by atoms with Crippen LogP contribution in [0.3, 0.4) is 0 Å². The topological polar surface area (TPSA) is 78.9 Å². The van der Waals surface area contributed by atoms with Crippen molar-refractivity contribution < 1.29 is 28.6 Å². The number of alkyl halides is 1. The Bertz CT molecular complexity index is 618. The molecule has 0 atom stereocenters. The van der Waals surface area contributed by atoms with Gasteiger partial charge in [0.15, 0.2) is 12.4 Å². The highest BCUT2D eigenvalue weighted by Crippen LogP contribution is 2.22. The fraction of sp³-hybridized carbons (Fsp3) is 0.471. The Morgan fingerprint density at radius 1 is 1.17 bits per heavy atom. The molecule has 0 bridgehead atoms. The zero-order valence-electron chi connectivity index (χ0n) is 14.2. The van der Waals surface area contributed by atoms with E-state index < -0.39 is 17.5 Å². The highest BCUT2D eigenvalue weighted by atomic mass is 79.9. The molecule has 1 aromatic carbocycles. The number of ether oxygens (including phenoxy) is 3. The zero-order valence-corrected chi connectivity index (χ0v) is 15.8. The maximum absolute atomic E-state index is 11.8. The summed E-state index contributed by atoms with van der Waals surface area (Å²) in [6.45, 7) is 6.24. The number of carbonyl (C=O) groups is 3. The molecule has 1 aromatic rings. The van der Waals surface area contributed by atoms with Crippen molar-refractivity contribution >= 4 is 33.7 Å². The van der Waals surface area contributed by atoms with Crippen LogP contribution in [0.5, 0.6) is 5.75 Å². The number of carbonyl (C=O) groups excluding carboxylic acids is 3. The van der Waals surface area contributed by atoms with Crippen LogP contribution < -0.4 is 4.74 Å². The van der Waals surface area contributed by atoms with Gasteiger partial charge in [0.25, 0.3) is 0 Å². The molecular formula is C17H21BrO6. The van der Waals surface area contributed by atoms with Crippen LogP contribution in [0.15, 0.2) is 18.2 Å². The summed E-state index contributed by atoms with van der Waals surface area (Å²) in [4.78, 5) is 34.5. The summed E-state index contributed by atoms with van der Waals surface area (Å²) in [5.41, 5.74) is 0.354. The maximum atomic E-state index is 11.8. The lowest BCUT2D eigenvalue weighted by molar-refractivity contribution is -0.157. The van der Waals surface area contributed by atoms with Crippen molar-refractivity contribution in [2.24, 2.45) is 0 Å². The Hall–Kier alpha value is -1.89. The molecular weight excluding hydrogens is 380 g/mol. The predicted molar refractivity (Wildman–Crippen MR) is 91.4 cm³/mol. The third-order valence-electron chi connectivity index (χ3n) is 2.70. The average Bonchev–Trinajstić information content (AvgIpc) is 2.48. The second kappa shape index (κ2) is 8.82. The fourth-order valence-corrected chi connectivity index (χ4v) is 2.09. The molecule has 0 spiro atoms. The maximum Gasteiger partial charge on any atom is 0.344 e. The van der Waals surface area contributed by atoms with Gasteiger partial charge in [-0.05, 0) is 39.0 Å². The lowest BCUT2D eigenvalue weighted by Crippen LogP contribution is -2.27. The number of Topliss-reactive ketones (excluding diaryl/α,β-unsaturated/α-hetero) is 1. The minimum atomic E-state index is -0.604. The molecule has 0 saturated carbocycles. The lowest BCUT2D eigenvalue weighted by atomic mass is 10.1. The Balaban J connectivity index is 2.89. The van der Waals surface area contributed by atoms with Gasteiger partial charge in [-0.25, -0.2) is 4.79 Å². The van der Waals surface area contributed by atoms with Gasteiger partial charge in [-0.3, -0.25) is 9.59 Å². The van der Waals surface area contributed by atoms with Crippen molar-refractivity contribution in [2.75, 3.05) is 11.9 Å². The molecule has 0 aliphatic heterocycles. The first-order valence-corrected chi connectivity index (χ1v) is 8.44. The number of rotatable bonds is 7. The monoisotopic (exact) mass is 400 g/mol. The van der Waals surface area contributed by atoms with Crippen molar-refractivity contribution in [2.45, 2.75) is 39.9 Å². The van der Waals surface area contributed by atoms with Crippen LogP contribution >= 0.6 is 15.9 Å². The molecule has 0 saturated heterocycles. The number of benzene rings is 1. The van der Waals surface area contributed by atoms with Crippen LogP contribution in [0.1, 0.15) is 43.6 Å². The molecule has 0 aromatic heterocycles. The van der Waals surface area contributed by atoms with E-state index in [-0.39, 0.29) is 24.3 Å². The largest absolute Gasteiger partial charge is 0.481 e. The van der Waals surface area contributed by atoms with Crippen LogP contribution in [0.4, 0.5) is 0 Å². The molecule has 7 heteroatoms. The van der Waals surface area contributed by atoms with Crippen LogP contribution in [0, 0.1) is 0 Å². The van der Waals surface area contributed by atoms with E-state index >= 15 is 0 Å². The van der Waals surface area contributed by atoms with E-state index in [0.717, 1.165) is 0 Å². The molecule has 0 heterocycles. The van der Waals surface area contributed by atoms with Crippen LogP contribution in [0.2, 0.25) is 0 Å². The summed E-state index contributed by atoms with van der Waals surface area (Å²) in [5.74, 6) is -0.724. The van der Waals surface area contributed by atoms with Crippen LogP contribution in [-0.4, -0.2) is 35.3 Å². The summed E-state index contributed by atoms with van der Waals surface area (Å²) < 4.78 is 15.6. The number of hydrogen-bond acceptors (Lipinski definition) is 6. The van der Waals surface area contributed by atoms with Gasteiger partial charge < -0.3 is 14.2 Å². The smallest absolute Gasteiger partial charge is 0.344 e. The minimum absolute atomic E-state index is 0.0532. The van der Waals surface area contributed by atoms with E-state index in [9.17, 15) is 14.4 Å². The summed E-state index contributed by atoms with van der Waals surface area (Å²) >= 11 is 3.11. The molecule has 0 amide bonds. The van der Waals surface area contributed by atoms with Gasteiger partial charge in [-0.2, -0.15) is 0 Å². The molecule has 132 valence electrons. The first kappa shape index (κ1) is 20.2. The van der Waals surface area contributed by atoms with Gasteiger partial charge in [0, 0.05) is 18.1 Å². The minimum Gasteiger partial charge on any atom is -0.481 e. The van der Waals surface area contributed by atoms with E-state index in [1.54, 1.807) is 39.0 Å². The highest BCUT2D eigenvalue weighted by Gasteiger charge is 2.18. The van der Waals surface area contributed by atoms with Gasteiger partial charge in [-0.1, -0.05) is 15.9 Å². The Morgan fingerprint density at radius 3 is 2.38 bits per heavy atom. The molecule has 24 heavy (non-hydrogen) atoms. The lowest BCUT2D eigenvalue weighted by Gasteiger charge is -2.20. The molecule has 0 unspecified atom stereocenters. The predicted octanol–water partition coefficient (Wildman–Crippen LogP) is 3.05. The molecule has 0 N–H and O–H groups in total. The molecule has 0 fully saturated rings. The standard InChI is InChI=1S/C17H21BrO6/c1-11(19)22-9-13-7-12(14(20)8-18)5-6-15(13)23-10-16(21)24-17(2,3)4/h5-7H,8-10H2,1-4H3. The Morgan fingerprint density at radius 2 is 1.83 bits per heavy atom. The highest BCUT2D eigenvalue weighted by molar-refractivity contribution is 9.09. The summed E-state index contributed by atoms with van der Waals surface area (Å²) in [5, 5.41) is 0.179. The van der Waals surface area contributed by atoms with E-state index in [1.165, 1.54) is 6.92 Å². The van der Waals surface area contributed by atoms with Gasteiger partial charge in [0.1, 0.15) is 18.0 Å². The quantitative estimate of drug-likeness (QED) is 0.397. The van der Waals surface area contributed by atoms with Crippen LogP contribution in [0.25, 0.3) is 0 Å². The van der Waals surface area contributed by atoms with Crippen molar-refractivity contribution in [1.29, 1.82) is 0 Å². The van der Waals surface area contributed by atoms with Crippen molar-refractivity contribution in [3.63, 3.8) is 0 Å². The molecule has 0 aliphatic carbocycles. The van der Waals surface area contributed by atoms with E-state index in [2.05, 4.69) is 15.9 Å². The SMILES string of the molecule is CC(=O)OCc1cc(C(=O)CBr)ccc1OCC(=O)OC(C)(C)C. The Labute approximate surface area is 149 Å². The van der Waals surface area contributed by atoms with Crippen molar-refractivity contribution in [3.05, 3.63) is 29.3 Å². The van der Waals surface area contributed by atoms with Gasteiger partial charge in [-0.15, -0.1) is 0 Å². The fourth-order valence-electron chi connectivity index (χ4n) is 1.77. The summed E-state index contributed by atoms with van der Waals surface area (Å²) in [6, 6.07) is 4.74. The van der Waals surface area contributed by atoms with Gasteiger partial charge in [0.05, 0.1) is 5.33 Å². The molecule has 0 radical (unpaired) electrons. The second-order valence-corrected chi connectivity index (χ2v) is 6.60. The van der Waals surface area contributed by atoms with E-state index in [4.69, 9.17) is 14.2 Å². The first-order chi connectivity index (χ1) is 11.1. The van der Waals surface area contributed by atoms with Crippen molar-refractivity contribution in [3.8, 4) is 5.75 Å². The van der Waals surface area contributed by atoms with Gasteiger partial charge in [0.2, 0.25) is 0 Å². The Kier molecular flexibility index (Phi) is 7.41. The third kappa shape index (κ3) is 7.12.